The molecule has 2 N–H and O–H groups in total. The predicted octanol–water partition coefficient (Wildman–Crippen LogP) is 4.57. The van der Waals surface area contributed by atoms with Gasteiger partial charge < -0.3 is 20.1 Å². The van der Waals surface area contributed by atoms with Gasteiger partial charge >= 0.3 is 0 Å². The van der Waals surface area contributed by atoms with E-state index in [0.29, 0.717) is 35.0 Å². The van der Waals surface area contributed by atoms with Crippen LogP contribution in [0.4, 0.5) is 11.5 Å². The van der Waals surface area contributed by atoms with Crippen molar-refractivity contribution in [3.63, 3.8) is 0 Å². The SMILES string of the molecule is Cc1cc(Nc2ncnc3ccc(OC4CC5CCC(C4)N5)nc23)ccc1Oc1ccn2ncnc2c1. The van der Waals surface area contributed by atoms with E-state index in [0.717, 1.165) is 41.0 Å². The molecule has 10 nitrogen and oxygen atoms in total. The lowest BCUT2D eigenvalue weighted by Crippen LogP contribution is -2.42. The molecule has 6 heterocycles. The van der Waals surface area contributed by atoms with E-state index < -0.39 is 0 Å². The molecule has 0 spiro atoms. The molecule has 2 bridgehead atoms. The first kappa shape index (κ1) is 21.9. The van der Waals surface area contributed by atoms with Gasteiger partial charge in [0.2, 0.25) is 5.88 Å². The summed E-state index contributed by atoms with van der Waals surface area (Å²) in [6.45, 7) is 2.00. The quantitative estimate of drug-likeness (QED) is 0.350. The standard InChI is InChI=1S/C27H26N8O2/c1-16-10-17(4-6-23(16)36-20-8-9-35-24(13-20)29-15-31-35)33-27-26-22(28-14-30-27)5-7-25(34-26)37-21-11-18-2-3-19(12-21)32-18/h4-10,13-15,18-19,21,32H,2-3,11-12H2,1H3,(H,28,30,33). The van der Waals surface area contributed by atoms with Gasteiger partial charge in [-0.2, -0.15) is 5.10 Å². The van der Waals surface area contributed by atoms with Gasteiger partial charge in [-0.05, 0) is 68.5 Å². The number of benzene rings is 1. The van der Waals surface area contributed by atoms with Crippen LogP contribution in [0.2, 0.25) is 0 Å². The smallest absolute Gasteiger partial charge is 0.214 e. The molecule has 4 aromatic heterocycles. The minimum Gasteiger partial charge on any atom is -0.474 e. The van der Waals surface area contributed by atoms with E-state index in [1.165, 1.54) is 19.2 Å². The lowest BCUT2D eigenvalue weighted by atomic mass is 10.0. The van der Waals surface area contributed by atoms with Crippen LogP contribution in [0.3, 0.4) is 0 Å². The van der Waals surface area contributed by atoms with Crippen LogP contribution in [0.5, 0.6) is 17.4 Å². The van der Waals surface area contributed by atoms with Gasteiger partial charge in [0.25, 0.3) is 0 Å². The van der Waals surface area contributed by atoms with Gasteiger partial charge in [0.05, 0.1) is 5.52 Å². The largest absolute Gasteiger partial charge is 0.474 e. The monoisotopic (exact) mass is 494 g/mol. The summed E-state index contributed by atoms with van der Waals surface area (Å²) in [6.07, 6.45) is 9.58. The molecule has 7 rings (SSSR count). The van der Waals surface area contributed by atoms with Crippen molar-refractivity contribution in [3.8, 4) is 17.4 Å². The number of nitrogens with one attached hydrogen (secondary N) is 2. The minimum atomic E-state index is 0.186. The molecular weight excluding hydrogens is 468 g/mol. The van der Waals surface area contributed by atoms with Crippen molar-refractivity contribution >= 4 is 28.2 Å². The fourth-order valence-corrected chi connectivity index (χ4v) is 5.32. The number of nitrogens with zero attached hydrogens (tertiary/aromatic N) is 6. The van der Waals surface area contributed by atoms with E-state index >= 15 is 0 Å². The van der Waals surface area contributed by atoms with E-state index in [-0.39, 0.29) is 6.10 Å². The average molecular weight is 495 g/mol. The van der Waals surface area contributed by atoms with Crippen molar-refractivity contribution in [2.75, 3.05) is 5.32 Å². The number of pyridine rings is 2. The zero-order valence-electron chi connectivity index (χ0n) is 20.3. The van der Waals surface area contributed by atoms with Crippen LogP contribution < -0.4 is 20.1 Å². The molecule has 5 aromatic rings. The van der Waals surface area contributed by atoms with Crippen LogP contribution in [0.1, 0.15) is 31.2 Å². The molecular formula is C27H26N8O2. The zero-order valence-corrected chi connectivity index (χ0v) is 20.3. The Morgan fingerprint density at radius 2 is 1.86 bits per heavy atom. The predicted molar refractivity (Wildman–Crippen MR) is 138 cm³/mol. The fourth-order valence-electron chi connectivity index (χ4n) is 5.32. The van der Waals surface area contributed by atoms with Gasteiger partial charge in [0.15, 0.2) is 11.5 Å². The van der Waals surface area contributed by atoms with Gasteiger partial charge in [0, 0.05) is 36.1 Å². The first-order chi connectivity index (χ1) is 18.2. The number of anilines is 2. The van der Waals surface area contributed by atoms with Gasteiger partial charge in [-0.25, -0.2) is 24.5 Å². The molecule has 2 unspecified atom stereocenters. The summed E-state index contributed by atoms with van der Waals surface area (Å²) in [4.78, 5) is 17.9. The minimum absolute atomic E-state index is 0.186. The molecule has 2 atom stereocenters. The lowest BCUT2D eigenvalue weighted by Gasteiger charge is -2.29. The summed E-state index contributed by atoms with van der Waals surface area (Å²) in [5.41, 5.74) is 4.02. The topological polar surface area (TPSA) is 111 Å². The molecule has 2 aliphatic rings. The maximum absolute atomic E-state index is 6.30. The molecule has 2 aliphatic heterocycles. The highest BCUT2D eigenvalue weighted by molar-refractivity contribution is 5.87. The Kier molecular flexibility index (Phi) is 5.32. The van der Waals surface area contributed by atoms with Gasteiger partial charge in [-0.1, -0.05) is 0 Å². The van der Waals surface area contributed by atoms with Crippen LogP contribution in [0, 0.1) is 6.92 Å². The van der Waals surface area contributed by atoms with E-state index in [2.05, 4.69) is 30.7 Å². The van der Waals surface area contributed by atoms with E-state index in [4.69, 9.17) is 14.5 Å². The van der Waals surface area contributed by atoms with E-state index in [1.807, 2.05) is 55.6 Å². The van der Waals surface area contributed by atoms with E-state index in [9.17, 15) is 0 Å². The van der Waals surface area contributed by atoms with Crippen LogP contribution in [-0.2, 0) is 0 Å². The molecule has 2 saturated heterocycles. The molecule has 0 amide bonds. The summed E-state index contributed by atoms with van der Waals surface area (Å²) in [5, 5.41) is 11.2. The number of hydrogen-bond donors (Lipinski definition) is 2. The van der Waals surface area contributed by atoms with Crippen LogP contribution in [-0.4, -0.2) is 47.7 Å². The highest BCUT2D eigenvalue weighted by atomic mass is 16.5. The number of rotatable bonds is 6. The zero-order chi connectivity index (χ0) is 24.8. The first-order valence-electron chi connectivity index (χ1n) is 12.6. The second-order valence-electron chi connectivity index (χ2n) is 9.72. The van der Waals surface area contributed by atoms with Gasteiger partial charge in [0.1, 0.15) is 35.8 Å². The highest BCUT2D eigenvalue weighted by Crippen LogP contribution is 2.32. The molecule has 1 aromatic carbocycles. The molecule has 186 valence electrons. The van der Waals surface area contributed by atoms with Crippen molar-refractivity contribution in [1.29, 1.82) is 0 Å². The van der Waals surface area contributed by atoms with Crippen molar-refractivity contribution in [3.05, 3.63) is 66.9 Å². The average Bonchev–Trinajstić information content (AvgIpc) is 3.51. The Balaban J connectivity index is 1.10. The van der Waals surface area contributed by atoms with Crippen LogP contribution >= 0.6 is 0 Å². The number of hydrogen-bond acceptors (Lipinski definition) is 9. The first-order valence-corrected chi connectivity index (χ1v) is 12.6. The molecule has 0 radical (unpaired) electrons. The number of aryl methyl sites for hydroxylation is 1. The second-order valence-corrected chi connectivity index (χ2v) is 9.72. The number of ether oxygens (including phenoxy) is 2. The Labute approximate surface area is 213 Å². The van der Waals surface area contributed by atoms with Crippen LogP contribution in [0.25, 0.3) is 16.7 Å². The maximum atomic E-state index is 6.30. The normalized spacial score (nSPS) is 20.8. The van der Waals surface area contributed by atoms with Crippen molar-refractivity contribution in [1.82, 2.24) is 34.9 Å². The third-order valence-electron chi connectivity index (χ3n) is 7.09. The van der Waals surface area contributed by atoms with Gasteiger partial charge in [-0.15, -0.1) is 0 Å². The number of aromatic nitrogens is 6. The Hall–Kier alpha value is -4.31. The third kappa shape index (κ3) is 4.40. The van der Waals surface area contributed by atoms with Gasteiger partial charge in [-0.3, -0.25) is 0 Å². The summed E-state index contributed by atoms with van der Waals surface area (Å²) in [6, 6.07) is 14.6. The van der Waals surface area contributed by atoms with Crippen molar-refractivity contribution in [2.24, 2.45) is 0 Å². The second kappa shape index (κ2) is 8.97. The van der Waals surface area contributed by atoms with Crippen LogP contribution in [0.15, 0.2) is 61.3 Å². The summed E-state index contributed by atoms with van der Waals surface area (Å²) < 4.78 is 14.1. The molecule has 0 saturated carbocycles. The molecule has 10 heteroatoms. The Bertz CT molecular complexity index is 1590. The lowest BCUT2D eigenvalue weighted by molar-refractivity contribution is 0.132. The molecule has 0 aliphatic carbocycles. The number of piperidine rings is 1. The van der Waals surface area contributed by atoms with Crippen molar-refractivity contribution in [2.45, 2.75) is 50.8 Å². The summed E-state index contributed by atoms with van der Waals surface area (Å²) in [5.74, 6) is 2.70. The Morgan fingerprint density at radius 3 is 2.73 bits per heavy atom. The molecule has 37 heavy (non-hydrogen) atoms. The number of fused-ring (bicyclic) bond motifs is 4. The maximum Gasteiger partial charge on any atom is 0.214 e. The summed E-state index contributed by atoms with van der Waals surface area (Å²) >= 11 is 0. The molecule has 2 fully saturated rings. The summed E-state index contributed by atoms with van der Waals surface area (Å²) in [7, 11) is 0. The van der Waals surface area contributed by atoms with Crippen molar-refractivity contribution < 1.29 is 9.47 Å². The fraction of sp³-hybridized carbons (Fsp3) is 0.296. The Morgan fingerprint density at radius 1 is 0.973 bits per heavy atom. The highest BCUT2D eigenvalue weighted by Gasteiger charge is 2.34. The third-order valence-corrected chi connectivity index (χ3v) is 7.09. The van der Waals surface area contributed by atoms with E-state index in [1.54, 1.807) is 10.8 Å².